The first-order valence-electron chi connectivity index (χ1n) is 14.9. The van der Waals surface area contributed by atoms with Crippen LogP contribution < -0.4 is 9.64 Å². The number of ether oxygens (including phenoxy) is 1. The van der Waals surface area contributed by atoms with E-state index in [1.54, 1.807) is 4.90 Å². The summed E-state index contributed by atoms with van der Waals surface area (Å²) in [6, 6.07) is 10.2. The third-order valence-corrected chi connectivity index (χ3v) is 9.72. The van der Waals surface area contributed by atoms with Gasteiger partial charge in [0.2, 0.25) is 5.91 Å². The fourth-order valence-corrected chi connectivity index (χ4v) is 7.40. The highest BCUT2D eigenvalue weighted by Gasteiger charge is 2.46. The van der Waals surface area contributed by atoms with Crippen molar-refractivity contribution in [2.24, 2.45) is 5.92 Å². The van der Waals surface area contributed by atoms with Crippen molar-refractivity contribution >= 4 is 34.4 Å². The molecule has 1 aromatic carbocycles. The second kappa shape index (κ2) is 11.0. The average molecular weight is 602 g/mol. The number of aromatic nitrogens is 3. The molecule has 43 heavy (non-hydrogen) atoms. The van der Waals surface area contributed by atoms with Crippen LogP contribution in [0.15, 0.2) is 36.9 Å². The highest BCUT2D eigenvalue weighted by Crippen LogP contribution is 2.58. The zero-order valence-corrected chi connectivity index (χ0v) is 24.8. The Morgan fingerprint density at radius 1 is 1.23 bits per heavy atom. The molecule has 3 fully saturated rings. The fraction of sp³-hybridized carbons (Fsp3) is 0.469. The van der Waals surface area contributed by atoms with Crippen molar-refractivity contribution < 1.29 is 13.9 Å². The van der Waals surface area contributed by atoms with Crippen LogP contribution in [-0.4, -0.2) is 88.7 Å². The highest BCUT2D eigenvalue weighted by molar-refractivity contribution is 6.34. The number of hydrogen-bond donors (Lipinski definition) is 0. The van der Waals surface area contributed by atoms with Crippen molar-refractivity contribution in [3.8, 4) is 23.3 Å². The molecule has 2 saturated heterocycles. The molecule has 3 aromatic rings. The van der Waals surface area contributed by atoms with E-state index in [-0.39, 0.29) is 37.0 Å². The van der Waals surface area contributed by atoms with Gasteiger partial charge in [0.05, 0.1) is 34.6 Å². The summed E-state index contributed by atoms with van der Waals surface area (Å²) in [6.45, 7) is 5.52. The second-order valence-corrected chi connectivity index (χ2v) is 12.5. The van der Waals surface area contributed by atoms with Crippen LogP contribution in [0.1, 0.15) is 36.3 Å². The number of likely N-dealkylation sites (N-methyl/N-ethyl adjacent to an activating group) is 1. The Kier molecular flexibility index (Phi) is 7.18. The van der Waals surface area contributed by atoms with Gasteiger partial charge in [0.25, 0.3) is 0 Å². The quantitative estimate of drug-likeness (QED) is 0.364. The summed E-state index contributed by atoms with van der Waals surface area (Å²) in [5, 5.41) is 10.7. The summed E-state index contributed by atoms with van der Waals surface area (Å²) in [5.74, 6) is 1.66. The number of pyridine rings is 1. The first kappa shape index (κ1) is 28.0. The smallest absolute Gasteiger partial charge is 0.320 e. The van der Waals surface area contributed by atoms with Gasteiger partial charge in [-0.3, -0.25) is 9.69 Å². The Bertz CT molecular complexity index is 1660. The van der Waals surface area contributed by atoms with Gasteiger partial charge in [0.1, 0.15) is 18.6 Å². The van der Waals surface area contributed by atoms with Crippen LogP contribution in [0.3, 0.4) is 0 Å². The molecular weight excluding hydrogens is 569 g/mol. The standard InChI is InChI=1S/C32H33ClFN7O2/c1-3-27(42)41-10-9-40(16-21(41)7-8-35)31-25-14-26(33)29(23-6-4-5-18-11-19-12-24(19)28(18)23)36-30(25)37-32(38-31)43-17-22-13-20(34)15-39(22)2/h3-6,14,19-22,24H,1,7,9-13,15-17H2,2H3/t19?,20-,21+,22+,24?/m1/s1. The lowest BCUT2D eigenvalue weighted by atomic mass is 9.97. The predicted octanol–water partition coefficient (Wildman–Crippen LogP) is 4.54. The number of alkyl halides is 1. The number of amides is 1. The maximum Gasteiger partial charge on any atom is 0.320 e. The number of fused-ring (bicyclic) bond motifs is 4. The monoisotopic (exact) mass is 601 g/mol. The minimum absolute atomic E-state index is 0.0849. The number of carbonyl (C=O) groups excluding carboxylic acids is 1. The maximum absolute atomic E-state index is 14.0. The largest absolute Gasteiger partial charge is 0.462 e. The summed E-state index contributed by atoms with van der Waals surface area (Å²) >= 11 is 6.97. The number of hydrogen-bond acceptors (Lipinski definition) is 8. The molecule has 0 N–H and O–H groups in total. The number of halogens is 2. The number of piperazine rings is 1. The molecule has 0 spiro atoms. The molecule has 9 nitrogen and oxygen atoms in total. The van der Waals surface area contributed by atoms with E-state index in [2.05, 4.69) is 30.8 Å². The van der Waals surface area contributed by atoms with Crippen molar-refractivity contribution in [3.63, 3.8) is 0 Å². The first-order chi connectivity index (χ1) is 20.8. The van der Waals surface area contributed by atoms with Gasteiger partial charge >= 0.3 is 6.01 Å². The van der Waals surface area contributed by atoms with E-state index >= 15 is 0 Å². The van der Waals surface area contributed by atoms with E-state index in [0.29, 0.717) is 66.1 Å². The van der Waals surface area contributed by atoms with E-state index in [1.807, 2.05) is 22.9 Å². The number of nitrogens with zero attached hydrogens (tertiary/aromatic N) is 7. The van der Waals surface area contributed by atoms with Gasteiger partial charge in [-0.25, -0.2) is 9.37 Å². The van der Waals surface area contributed by atoms with Crippen LogP contribution in [0.25, 0.3) is 22.3 Å². The Hall–Kier alpha value is -3.81. The van der Waals surface area contributed by atoms with Crippen LogP contribution in [0.5, 0.6) is 6.01 Å². The van der Waals surface area contributed by atoms with E-state index in [1.165, 1.54) is 23.6 Å². The molecule has 2 aromatic heterocycles. The predicted molar refractivity (Wildman–Crippen MR) is 162 cm³/mol. The third-order valence-electron chi connectivity index (χ3n) is 9.44. The van der Waals surface area contributed by atoms with E-state index in [4.69, 9.17) is 31.3 Å². The number of benzene rings is 1. The second-order valence-electron chi connectivity index (χ2n) is 12.1. The zero-order chi connectivity index (χ0) is 29.8. The van der Waals surface area contributed by atoms with Gasteiger partial charge in [-0.1, -0.05) is 36.4 Å². The molecule has 0 bridgehead atoms. The molecule has 2 unspecified atom stereocenters. The molecular formula is C32H33ClFN7O2. The molecule has 11 heteroatoms. The Morgan fingerprint density at radius 2 is 2.09 bits per heavy atom. The number of likely N-dealkylation sites (tertiary alicyclic amines) is 1. The van der Waals surface area contributed by atoms with Crippen LogP contribution in [0.4, 0.5) is 10.2 Å². The lowest BCUT2D eigenvalue weighted by Gasteiger charge is -2.41. The molecule has 222 valence electrons. The van der Waals surface area contributed by atoms with Crippen LogP contribution in [-0.2, 0) is 11.2 Å². The van der Waals surface area contributed by atoms with E-state index in [0.717, 1.165) is 17.9 Å². The van der Waals surface area contributed by atoms with Crippen molar-refractivity contribution in [2.45, 2.75) is 49.9 Å². The zero-order valence-electron chi connectivity index (χ0n) is 24.0. The van der Waals surface area contributed by atoms with Gasteiger partial charge in [-0.2, -0.15) is 15.2 Å². The Labute approximate surface area is 254 Å². The Balaban J connectivity index is 1.29. The van der Waals surface area contributed by atoms with Crippen LogP contribution in [0.2, 0.25) is 5.02 Å². The van der Waals surface area contributed by atoms with Crippen molar-refractivity contribution in [3.05, 3.63) is 53.1 Å². The number of rotatable bonds is 7. The van der Waals surface area contributed by atoms with E-state index < -0.39 is 6.17 Å². The van der Waals surface area contributed by atoms with Gasteiger partial charge in [-0.15, -0.1) is 0 Å². The minimum Gasteiger partial charge on any atom is -0.462 e. The lowest BCUT2D eigenvalue weighted by molar-refractivity contribution is -0.128. The number of anilines is 1. The van der Waals surface area contributed by atoms with Crippen LogP contribution in [0, 0.1) is 17.2 Å². The molecule has 1 amide bonds. The van der Waals surface area contributed by atoms with Crippen molar-refractivity contribution in [1.29, 1.82) is 5.26 Å². The topological polar surface area (TPSA) is 98.5 Å². The maximum atomic E-state index is 14.0. The SMILES string of the molecule is C=CC(=O)N1CCN(c2nc(OC[C@@H]3C[C@@H](F)CN3C)nc3nc(-c4cccc5c4C4CC4C5)c(Cl)cc23)C[C@@H]1CC#N. The molecule has 7 rings (SSSR count). The lowest BCUT2D eigenvalue weighted by Crippen LogP contribution is -2.55. The minimum atomic E-state index is -0.886. The molecule has 4 heterocycles. The number of carbonyl (C=O) groups is 1. The van der Waals surface area contributed by atoms with Crippen molar-refractivity contribution in [1.82, 2.24) is 24.8 Å². The molecule has 0 radical (unpaired) electrons. The van der Waals surface area contributed by atoms with E-state index in [9.17, 15) is 14.4 Å². The summed E-state index contributed by atoms with van der Waals surface area (Å²) < 4.78 is 20.1. The Morgan fingerprint density at radius 3 is 2.86 bits per heavy atom. The van der Waals surface area contributed by atoms with Gasteiger partial charge in [0.15, 0.2) is 5.65 Å². The van der Waals surface area contributed by atoms with Crippen LogP contribution >= 0.6 is 11.6 Å². The molecule has 5 atom stereocenters. The molecule has 2 aliphatic carbocycles. The summed E-state index contributed by atoms with van der Waals surface area (Å²) in [4.78, 5) is 32.7. The van der Waals surface area contributed by atoms with Crippen molar-refractivity contribution in [2.75, 3.05) is 44.7 Å². The first-order valence-corrected chi connectivity index (χ1v) is 15.2. The third kappa shape index (κ3) is 5.08. The summed E-state index contributed by atoms with van der Waals surface area (Å²) in [5.41, 5.74) is 4.90. The van der Waals surface area contributed by atoms with Gasteiger partial charge in [0, 0.05) is 37.8 Å². The number of nitriles is 1. The fourth-order valence-electron chi connectivity index (χ4n) is 7.15. The summed E-state index contributed by atoms with van der Waals surface area (Å²) in [7, 11) is 1.89. The summed E-state index contributed by atoms with van der Waals surface area (Å²) in [6.07, 6.45) is 3.27. The average Bonchev–Trinajstić information content (AvgIpc) is 3.54. The van der Waals surface area contributed by atoms with Gasteiger partial charge < -0.3 is 14.5 Å². The van der Waals surface area contributed by atoms with Gasteiger partial charge in [-0.05, 0) is 61.4 Å². The molecule has 2 aliphatic heterocycles. The normalized spacial score (nSPS) is 26.2. The highest BCUT2D eigenvalue weighted by atomic mass is 35.5. The molecule has 1 saturated carbocycles. The molecule has 4 aliphatic rings.